The lowest BCUT2D eigenvalue weighted by Gasteiger charge is -2.43. The fraction of sp³-hybridized carbons (Fsp3) is 0.514. The summed E-state index contributed by atoms with van der Waals surface area (Å²) in [6.07, 6.45) is 16.0. The highest BCUT2D eigenvalue weighted by molar-refractivity contribution is 6.99. The highest BCUT2D eigenvalue weighted by atomic mass is 28.4. The maximum Gasteiger partial charge on any atom is 0.293 e. The highest BCUT2D eigenvalue weighted by Gasteiger charge is 2.49. The average molecular weight is 564 g/mol. The average Bonchev–Trinajstić information content (AvgIpc) is 2.94. The Morgan fingerprint density at radius 1 is 0.825 bits per heavy atom. The van der Waals surface area contributed by atoms with Crippen molar-refractivity contribution >= 4 is 30.9 Å². The van der Waals surface area contributed by atoms with Crippen LogP contribution in [-0.2, 0) is 18.8 Å². The monoisotopic (exact) mass is 563 g/mol. The molecule has 1 atom stereocenters. The Labute approximate surface area is 245 Å². The number of ether oxygens (including phenoxy) is 1. The van der Waals surface area contributed by atoms with Crippen LogP contribution in [-0.4, -0.2) is 33.3 Å². The van der Waals surface area contributed by atoms with Gasteiger partial charge in [0.1, 0.15) is 11.9 Å². The van der Waals surface area contributed by atoms with E-state index in [2.05, 4.69) is 88.4 Å². The minimum atomic E-state index is -2.45. The van der Waals surface area contributed by atoms with Gasteiger partial charge in [-0.3, -0.25) is 9.59 Å². The lowest BCUT2D eigenvalue weighted by Crippen LogP contribution is -2.66. The molecule has 0 amide bonds. The summed E-state index contributed by atoms with van der Waals surface area (Å²) in [6.45, 7) is 10.4. The molecule has 0 aliphatic rings. The van der Waals surface area contributed by atoms with Gasteiger partial charge in [0.05, 0.1) is 0 Å². The summed E-state index contributed by atoms with van der Waals surface area (Å²) in [4.78, 5) is 22.9. The zero-order valence-corrected chi connectivity index (χ0v) is 26.3. The van der Waals surface area contributed by atoms with Gasteiger partial charge in [0.15, 0.2) is 0 Å². The first-order valence-electron chi connectivity index (χ1n) is 15.2. The molecule has 0 saturated heterocycles. The summed E-state index contributed by atoms with van der Waals surface area (Å²) in [5.74, 6) is 0.133. The molecular weight excluding hydrogens is 512 g/mol. The van der Waals surface area contributed by atoms with Gasteiger partial charge in [-0.1, -0.05) is 127 Å². The number of unbranched alkanes of at least 4 members (excludes halogenated alkanes) is 7. The number of ketones is 1. The molecule has 0 heterocycles. The molecule has 0 bridgehead atoms. The van der Waals surface area contributed by atoms with E-state index in [-0.39, 0.29) is 16.9 Å². The zero-order valence-electron chi connectivity index (χ0n) is 25.3. The normalized spacial score (nSPS) is 12.7. The smallest absolute Gasteiger partial charge is 0.293 e. The van der Waals surface area contributed by atoms with Crippen molar-refractivity contribution in [1.82, 2.24) is 0 Å². The van der Waals surface area contributed by atoms with Crippen LogP contribution < -0.4 is 10.4 Å². The maximum atomic E-state index is 12.2. The summed E-state index contributed by atoms with van der Waals surface area (Å²) in [7, 11) is -2.45. The summed E-state index contributed by atoms with van der Waals surface area (Å²) in [6, 6.07) is 21.6. The number of hydrogen-bond donors (Lipinski definition) is 0. The molecule has 0 unspecified atom stereocenters. The molecule has 2 aromatic rings. The van der Waals surface area contributed by atoms with E-state index in [0.717, 1.165) is 70.8 Å². The minimum absolute atomic E-state index is 0.00588. The van der Waals surface area contributed by atoms with Crippen molar-refractivity contribution in [3.8, 4) is 0 Å². The Balaban J connectivity index is 1.69. The number of benzene rings is 2. The quantitative estimate of drug-likeness (QED) is 0.0841. The summed E-state index contributed by atoms with van der Waals surface area (Å²) >= 11 is 0. The first kappa shape index (κ1) is 34.0. The molecule has 4 nitrogen and oxygen atoms in total. The van der Waals surface area contributed by atoms with Crippen LogP contribution in [0.25, 0.3) is 0 Å². The van der Waals surface area contributed by atoms with E-state index in [1.165, 1.54) is 10.4 Å². The summed E-state index contributed by atoms with van der Waals surface area (Å²) in [5.41, 5.74) is 0. The van der Waals surface area contributed by atoms with Gasteiger partial charge in [-0.15, -0.1) is 0 Å². The van der Waals surface area contributed by atoms with Crippen molar-refractivity contribution in [3.05, 3.63) is 79.9 Å². The molecule has 0 aliphatic heterocycles. The largest absolute Gasteiger partial charge is 0.464 e. The van der Waals surface area contributed by atoms with Crippen LogP contribution in [0.15, 0.2) is 60.7 Å². The van der Waals surface area contributed by atoms with Crippen molar-refractivity contribution in [3.63, 3.8) is 0 Å². The SMILES string of the molecule is CCCCC[C@@H]([CH][CH][CH]C(=O)CCCCCCCCO[Si](c1ccccc1)(c1ccccc1)C(C)(C)C)OC=O. The van der Waals surface area contributed by atoms with Gasteiger partial charge in [0.25, 0.3) is 14.8 Å². The van der Waals surface area contributed by atoms with Gasteiger partial charge >= 0.3 is 0 Å². The van der Waals surface area contributed by atoms with Crippen LogP contribution in [0.3, 0.4) is 0 Å². The molecule has 0 N–H and O–H groups in total. The zero-order chi connectivity index (χ0) is 29.1. The van der Waals surface area contributed by atoms with Crippen LogP contribution in [0.2, 0.25) is 5.04 Å². The van der Waals surface area contributed by atoms with Crippen molar-refractivity contribution in [2.45, 2.75) is 109 Å². The van der Waals surface area contributed by atoms with Gasteiger partial charge in [0.2, 0.25) is 0 Å². The Morgan fingerprint density at radius 2 is 1.40 bits per heavy atom. The molecule has 2 aromatic carbocycles. The predicted molar refractivity (Wildman–Crippen MR) is 169 cm³/mol. The van der Waals surface area contributed by atoms with E-state index in [9.17, 15) is 9.59 Å². The van der Waals surface area contributed by atoms with Crippen LogP contribution in [0.1, 0.15) is 98.3 Å². The van der Waals surface area contributed by atoms with Crippen molar-refractivity contribution in [2.75, 3.05) is 6.61 Å². The molecule has 0 saturated carbocycles. The maximum absolute atomic E-state index is 12.2. The topological polar surface area (TPSA) is 52.6 Å². The lowest BCUT2D eigenvalue weighted by atomic mass is 10.0. The van der Waals surface area contributed by atoms with Crippen molar-refractivity contribution in [1.29, 1.82) is 0 Å². The molecule has 0 fully saturated rings. The van der Waals surface area contributed by atoms with E-state index in [4.69, 9.17) is 9.16 Å². The molecule has 40 heavy (non-hydrogen) atoms. The fourth-order valence-electron chi connectivity index (χ4n) is 5.34. The van der Waals surface area contributed by atoms with Gasteiger partial charge in [-0.05, 0) is 47.5 Å². The van der Waals surface area contributed by atoms with Crippen LogP contribution in [0.4, 0.5) is 0 Å². The number of hydrogen-bond acceptors (Lipinski definition) is 4. The van der Waals surface area contributed by atoms with E-state index < -0.39 is 8.32 Å². The highest BCUT2D eigenvalue weighted by Crippen LogP contribution is 2.36. The standard InChI is InChI=1S/C35H51O4Si/c1-5-6-13-23-32(38-30-36)24-20-22-31(37)21-14-9-7-8-10-19-29-39-40(35(2,3)4,33-25-15-11-16-26-33)34-27-17-12-18-28-34/h11-12,15-18,20,22,24-28,30,32H,5-10,13-14,19,21,23,29H2,1-4H3/t32-/m0/s1. The molecule has 0 aromatic heterocycles. The van der Waals surface area contributed by atoms with Crippen LogP contribution >= 0.6 is 0 Å². The van der Waals surface area contributed by atoms with E-state index in [1.807, 2.05) is 6.42 Å². The minimum Gasteiger partial charge on any atom is -0.464 e. The van der Waals surface area contributed by atoms with Gasteiger partial charge in [-0.2, -0.15) is 0 Å². The third-order valence-corrected chi connectivity index (χ3v) is 12.5. The molecule has 2 rings (SSSR count). The predicted octanol–water partition coefficient (Wildman–Crippen LogP) is 7.60. The van der Waals surface area contributed by atoms with E-state index in [1.54, 1.807) is 12.8 Å². The third kappa shape index (κ3) is 11.3. The number of Topliss-reactive ketones (excluding diaryl/α,β-unsaturated/α-hetero) is 1. The number of rotatable bonds is 22. The second-order valence-corrected chi connectivity index (χ2v) is 16.0. The second-order valence-electron chi connectivity index (χ2n) is 11.7. The first-order chi connectivity index (χ1) is 19.3. The Hall–Kier alpha value is -2.24. The Kier molecular flexibility index (Phi) is 16.1. The van der Waals surface area contributed by atoms with Crippen molar-refractivity contribution in [2.24, 2.45) is 0 Å². The lowest BCUT2D eigenvalue weighted by molar-refractivity contribution is -0.132. The first-order valence-corrected chi connectivity index (χ1v) is 17.1. The Morgan fingerprint density at radius 3 is 1.95 bits per heavy atom. The number of carbonyl (C=O) groups excluding carboxylic acids is 2. The van der Waals surface area contributed by atoms with Crippen LogP contribution in [0, 0.1) is 19.3 Å². The second kappa shape index (κ2) is 19.0. The Bertz CT molecular complexity index is 899. The molecule has 3 radical (unpaired) electrons. The summed E-state index contributed by atoms with van der Waals surface area (Å²) < 4.78 is 12.1. The van der Waals surface area contributed by atoms with E-state index >= 15 is 0 Å². The van der Waals surface area contributed by atoms with Crippen molar-refractivity contribution < 1.29 is 18.8 Å². The van der Waals surface area contributed by atoms with Gasteiger partial charge in [0, 0.05) is 25.9 Å². The van der Waals surface area contributed by atoms with E-state index in [0.29, 0.717) is 12.9 Å². The van der Waals surface area contributed by atoms with Gasteiger partial charge < -0.3 is 9.16 Å². The molecule has 5 heteroatoms. The third-order valence-electron chi connectivity index (χ3n) is 7.48. The fourth-order valence-corrected chi connectivity index (χ4v) is 9.95. The molecule has 0 aliphatic carbocycles. The van der Waals surface area contributed by atoms with Crippen LogP contribution in [0.5, 0.6) is 0 Å². The molecular formula is C35H51O4Si. The number of carbonyl (C=O) groups is 2. The molecule has 219 valence electrons. The van der Waals surface area contributed by atoms with Gasteiger partial charge in [-0.25, -0.2) is 0 Å². The summed E-state index contributed by atoms with van der Waals surface area (Å²) in [5, 5.41) is 2.66. The molecule has 0 spiro atoms.